The van der Waals surface area contributed by atoms with E-state index in [0.717, 1.165) is 45.7 Å². The monoisotopic (exact) mass is 255 g/mol. The van der Waals surface area contributed by atoms with Crippen molar-refractivity contribution < 1.29 is 4.79 Å². The van der Waals surface area contributed by atoms with Crippen LogP contribution in [0.1, 0.15) is 27.2 Å². The fourth-order valence-electron chi connectivity index (χ4n) is 2.73. The first-order chi connectivity index (χ1) is 8.62. The Kier molecular flexibility index (Phi) is 6.65. The summed E-state index contributed by atoms with van der Waals surface area (Å²) in [4.78, 5) is 16.7. The van der Waals surface area contributed by atoms with E-state index in [1.54, 1.807) is 0 Å². The van der Waals surface area contributed by atoms with Gasteiger partial charge in [0.2, 0.25) is 5.91 Å². The van der Waals surface area contributed by atoms with Gasteiger partial charge in [-0.3, -0.25) is 4.79 Å². The lowest BCUT2D eigenvalue weighted by Gasteiger charge is -2.24. The van der Waals surface area contributed by atoms with E-state index < -0.39 is 0 Å². The summed E-state index contributed by atoms with van der Waals surface area (Å²) in [5, 5.41) is 3.08. The summed E-state index contributed by atoms with van der Waals surface area (Å²) in [6, 6.07) is 0. The Bertz CT molecular complexity index is 253. The first kappa shape index (κ1) is 15.4. The van der Waals surface area contributed by atoms with Crippen LogP contribution in [0.25, 0.3) is 0 Å². The fourth-order valence-corrected chi connectivity index (χ4v) is 2.73. The Morgan fingerprint density at radius 2 is 2.11 bits per heavy atom. The molecule has 1 aliphatic heterocycles. The van der Waals surface area contributed by atoms with Gasteiger partial charge in [-0.25, -0.2) is 0 Å². The number of likely N-dealkylation sites (tertiary alicyclic amines) is 1. The van der Waals surface area contributed by atoms with E-state index in [9.17, 15) is 4.79 Å². The van der Waals surface area contributed by atoms with Crippen molar-refractivity contribution in [1.82, 2.24) is 15.1 Å². The number of nitrogens with one attached hydrogen (secondary N) is 1. The summed E-state index contributed by atoms with van der Waals surface area (Å²) >= 11 is 0. The first-order valence-corrected chi connectivity index (χ1v) is 7.28. The van der Waals surface area contributed by atoms with Crippen molar-refractivity contribution in [2.45, 2.75) is 27.2 Å². The van der Waals surface area contributed by atoms with Gasteiger partial charge in [-0.1, -0.05) is 20.8 Å². The molecule has 0 bridgehead atoms. The molecule has 0 spiro atoms. The molecule has 0 aromatic heterocycles. The Morgan fingerprint density at radius 3 is 2.67 bits per heavy atom. The molecule has 1 fully saturated rings. The van der Waals surface area contributed by atoms with Crippen LogP contribution < -0.4 is 5.32 Å². The number of hydrogen-bond acceptors (Lipinski definition) is 3. The lowest BCUT2D eigenvalue weighted by atomic mass is 10.1. The van der Waals surface area contributed by atoms with Crippen molar-refractivity contribution in [3.05, 3.63) is 0 Å². The van der Waals surface area contributed by atoms with E-state index in [1.165, 1.54) is 0 Å². The molecule has 0 aliphatic carbocycles. The molecule has 1 amide bonds. The number of hydrogen-bond donors (Lipinski definition) is 1. The van der Waals surface area contributed by atoms with Crippen LogP contribution in [0.4, 0.5) is 0 Å². The van der Waals surface area contributed by atoms with Gasteiger partial charge in [0.05, 0.1) is 0 Å². The average molecular weight is 255 g/mol. The number of carbonyl (C=O) groups is 1. The van der Waals surface area contributed by atoms with E-state index in [4.69, 9.17) is 0 Å². The molecule has 4 heteroatoms. The normalized spacial score (nSPS) is 21.6. The molecule has 1 heterocycles. The largest absolute Gasteiger partial charge is 0.342 e. The lowest BCUT2D eigenvalue weighted by Crippen LogP contribution is -2.38. The summed E-state index contributed by atoms with van der Waals surface area (Å²) in [5.74, 6) is 1.07. The highest BCUT2D eigenvalue weighted by molar-refractivity contribution is 5.79. The van der Waals surface area contributed by atoms with Crippen LogP contribution in [0.15, 0.2) is 0 Å². The van der Waals surface area contributed by atoms with Crippen molar-refractivity contribution in [2.24, 2.45) is 11.8 Å². The maximum Gasteiger partial charge on any atom is 0.226 e. The van der Waals surface area contributed by atoms with E-state index in [0.29, 0.717) is 11.8 Å². The highest BCUT2D eigenvalue weighted by Crippen LogP contribution is 2.19. The second-order valence-electron chi connectivity index (χ2n) is 5.38. The van der Waals surface area contributed by atoms with Crippen LogP contribution in [0.3, 0.4) is 0 Å². The zero-order valence-corrected chi connectivity index (χ0v) is 12.4. The minimum absolute atomic E-state index is 0.0993. The summed E-state index contributed by atoms with van der Waals surface area (Å²) < 4.78 is 0. The quantitative estimate of drug-likeness (QED) is 0.738. The van der Waals surface area contributed by atoms with Gasteiger partial charge in [0.25, 0.3) is 0 Å². The highest BCUT2D eigenvalue weighted by Gasteiger charge is 2.29. The molecule has 0 aromatic rings. The average Bonchev–Trinajstić information content (AvgIpc) is 2.83. The summed E-state index contributed by atoms with van der Waals surface area (Å²) in [6.45, 7) is 12.4. The zero-order valence-electron chi connectivity index (χ0n) is 12.4. The topological polar surface area (TPSA) is 35.6 Å². The maximum atomic E-state index is 12.2. The van der Waals surface area contributed by atoms with Gasteiger partial charge in [0.1, 0.15) is 0 Å². The predicted molar refractivity (Wildman–Crippen MR) is 75.6 cm³/mol. The Labute approximate surface area is 112 Å². The number of nitrogens with zero attached hydrogens (tertiary/aromatic N) is 2. The van der Waals surface area contributed by atoms with Gasteiger partial charge in [-0.2, -0.15) is 0 Å². The van der Waals surface area contributed by atoms with Crippen LogP contribution in [-0.2, 0) is 4.79 Å². The molecular formula is C14H29N3O. The fraction of sp³-hybridized carbons (Fsp3) is 0.929. The van der Waals surface area contributed by atoms with Gasteiger partial charge in [0, 0.05) is 32.1 Å². The molecule has 2 atom stereocenters. The van der Waals surface area contributed by atoms with Gasteiger partial charge in [0.15, 0.2) is 0 Å². The third-order valence-corrected chi connectivity index (χ3v) is 3.94. The molecule has 0 saturated carbocycles. The lowest BCUT2D eigenvalue weighted by molar-refractivity contribution is -0.133. The summed E-state index contributed by atoms with van der Waals surface area (Å²) in [7, 11) is 1.90. The van der Waals surface area contributed by atoms with Crippen LogP contribution in [-0.4, -0.2) is 62.0 Å². The van der Waals surface area contributed by atoms with E-state index in [1.807, 2.05) is 14.0 Å². The van der Waals surface area contributed by atoms with Gasteiger partial charge >= 0.3 is 0 Å². The van der Waals surface area contributed by atoms with Crippen LogP contribution >= 0.6 is 0 Å². The summed E-state index contributed by atoms with van der Waals surface area (Å²) in [6.07, 6.45) is 1.16. The van der Waals surface area contributed by atoms with E-state index in [-0.39, 0.29) is 5.92 Å². The van der Waals surface area contributed by atoms with Crippen molar-refractivity contribution in [1.29, 1.82) is 0 Å². The van der Waals surface area contributed by atoms with Crippen molar-refractivity contribution >= 4 is 5.91 Å². The molecule has 0 radical (unpaired) electrons. The molecular weight excluding hydrogens is 226 g/mol. The Morgan fingerprint density at radius 1 is 1.44 bits per heavy atom. The molecule has 4 nitrogen and oxygen atoms in total. The van der Waals surface area contributed by atoms with Crippen LogP contribution in [0.5, 0.6) is 0 Å². The third kappa shape index (κ3) is 4.25. The molecule has 0 aromatic carbocycles. The predicted octanol–water partition coefficient (Wildman–Crippen LogP) is 1.03. The van der Waals surface area contributed by atoms with E-state index >= 15 is 0 Å². The maximum absolute atomic E-state index is 12.2. The molecule has 1 saturated heterocycles. The van der Waals surface area contributed by atoms with Gasteiger partial charge < -0.3 is 15.1 Å². The smallest absolute Gasteiger partial charge is 0.226 e. The standard InChI is InChI=1S/C14H29N3O/c1-5-16(6-2)10-13-7-8-17(11-13)14(18)12(3)9-15-4/h12-13,15H,5-11H2,1-4H3. The SMILES string of the molecule is CCN(CC)CC1CCN(C(=O)C(C)CNC)C1. The molecule has 1 rings (SSSR count). The van der Waals surface area contributed by atoms with E-state index in [2.05, 4.69) is 29.0 Å². The van der Waals surface area contributed by atoms with Crippen molar-refractivity contribution in [3.63, 3.8) is 0 Å². The molecule has 18 heavy (non-hydrogen) atoms. The number of rotatable bonds is 7. The highest BCUT2D eigenvalue weighted by atomic mass is 16.2. The second-order valence-corrected chi connectivity index (χ2v) is 5.38. The first-order valence-electron chi connectivity index (χ1n) is 7.28. The van der Waals surface area contributed by atoms with Gasteiger partial charge in [-0.05, 0) is 32.5 Å². The van der Waals surface area contributed by atoms with Crippen LogP contribution in [0, 0.1) is 11.8 Å². The minimum atomic E-state index is 0.0993. The Hall–Kier alpha value is -0.610. The van der Waals surface area contributed by atoms with Gasteiger partial charge in [-0.15, -0.1) is 0 Å². The third-order valence-electron chi connectivity index (χ3n) is 3.94. The number of carbonyl (C=O) groups excluding carboxylic acids is 1. The molecule has 1 N–H and O–H groups in total. The Balaban J connectivity index is 2.38. The summed E-state index contributed by atoms with van der Waals surface area (Å²) in [5.41, 5.74) is 0. The molecule has 106 valence electrons. The zero-order chi connectivity index (χ0) is 13.5. The van der Waals surface area contributed by atoms with Crippen LogP contribution in [0.2, 0.25) is 0 Å². The van der Waals surface area contributed by atoms with Crippen molar-refractivity contribution in [3.8, 4) is 0 Å². The minimum Gasteiger partial charge on any atom is -0.342 e. The molecule has 2 unspecified atom stereocenters. The molecule has 1 aliphatic rings. The number of amides is 1. The second kappa shape index (κ2) is 7.74. The van der Waals surface area contributed by atoms with Crippen molar-refractivity contribution in [2.75, 3.05) is 46.3 Å².